The van der Waals surface area contributed by atoms with Crippen LogP contribution in [0, 0.1) is 0 Å². The number of carbonyl (C=O) groups is 1. The van der Waals surface area contributed by atoms with Crippen molar-refractivity contribution in [1.29, 1.82) is 0 Å². The van der Waals surface area contributed by atoms with Crippen molar-refractivity contribution in [2.24, 2.45) is 5.73 Å². The van der Waals surface area contributed by atoms with Gasteiger partial charge in [0.2, 0.25) is 0 Å². The maximum absolute atomic E-state index is 11.6. The van der Waals surface area contributed by atoms with Crippen molar-refractivity contribution in [1.82, 2.24) is 0 Å². The molecule has 4 rings (SSSR count). The van der Waals surface area contributed by atoms with Crippen molar-refractivity contribution in [2.75, 3.05) is 4.90 Å². The molecule has 120 valence electrons. The van der Waals surface area contributed by atoms with Gasteiger partial charge in [-0.3, -0.25) is 4.79 Å². The van der Waals surface area contributed by atoms with Gasteiger partial charge >= 0.3 is 0 Å². The lowest BCUT2D eigenvalue weighted by molar-refractivity contribution is -0.113. The van der Waals surface area contributed by atoms with Crippen molar-refractivity contribution in [3.63, 3.8) is 0 Å². The zero-order chi connectivity index (χ0) is 16.8. The van der Waals surface area contributed by atoms with E-state index in [0.717, 1.165) is 11.4 Å². The van der Waals surface area contributed by atoms with Gasteiger partial charge in [0.25, 0.3) is 5.91 Å². The van der Waals surface area contributed by atoms with Gasteiger partial charge < -0.3 is 10.6 Å². The van der Waals surface area contributed by atoms with E-state index in [2.05, 4.69) is 66.4 Å². The Bertz CT molecular complexity index is 1010. The van der Waals surface area contributed by atoms with Crippen LogP contribution in [-0.2, 0) is 4.79 Å². The molecule has 0 aliphatic carbocycles. The molecule has 3 nitrogen and oxygen atoms in total. The fourth-order valence-corrected chi connectivity index (χ4v) is 4.52. The van der Waals surface area contributed by atoms with E-state index in [-0.39, 0.29) is 11.3 Å². The summed E-state index contributed by atoms with van der Waals surface area (Å²) >= 11 is 1.52. The van der Waals surface area contributed by atoms with E-state index in [1.807, 2.05) is 6.92 Å². The Morgan fingerprint density at radius 3 is 2.25 bits per heavy atom. The monoisotopic (exact) mass is 334 g/mol. The lowest BCUT2D eigenvalue weighted by Crippen LogP contribution is -2.24. The normalized spacial score (nSPS) is 17.9. The van der Waals surface area contributed by atoms with Crippen molar-refractivity contribution in [3.05, 3.63) is 65.2 Å². The summed E-state index contributed by atoms with van der Waals surface area (Å²) in [5.41, 5.74) is 7.52. The first-order valence-electron chi connectivity index (χ1n) is 7.94. The molecule has 0 fully saturated rings. The van der Waals surface area contributed by atoms with Crippen LogP contribution < -0.4 is 10.6 Å². The van der Waals surface area contributed by atoms with Gasteiger partial charge in [0.1, 0.15) is 0 Å². The van der Waals surface area contributed by atoms with E-state index in [0.29, 0.717) is 4.91 Å². The lowest BCUT2D eigenvalue weighted by Gasteiger charge is -2.25. The second-order valence-electron chi connectivity index (χ2n) is 6.10. The number of amides is 1. The number of rotatable bonds is 2. The fraction of sp³-hybridized carbons (Fsp3) is 0.150. The van der Waals surface area contributed by atoms with Crippen LogP contribution >= 0.6 is 11.8 Å². The van der Waals surface area contributed by atoms with E-state index in [1.165, 1.54) is 33.3 Å². The highest BCUT2D eigenvalue weighted by Gasteiger charge is 2.30. The Balaban J connectivity index is 1.85. The highest BCUT2D eigenvalue weighted by Crippen LogP contribution is 2.41. The number of nitrogens with zero attached hydrogens (tertiary/aromatic N) is 1. The van der Waals surface area contributed by atoms with Gasteiger partial charge in [-0.05, 0) is 59.7 Å². The molecule has 24 heavy (non-hydrogen) atoms. The molecular formula is C20H18N2OS. The second kappa shape index (κ2) is 5.56. The zero-order valence-corrected chi connectivity index (χ0v) is 14.4. The van der Waals surface area contributed by atoms with Gasteiger partial charge in [-0.2, -0.15) is 0 Å². The van der Waals surface area contributed by atoms with Crippen LogP contribution in [-0.4, -0.2) is 11.3 Å². The Hall–Kier alpha value is -2.46. The highest BCUT2D eigenvalue weighted by atomic mass is 32.2. The number of anilines is 1. The second-order valence-corrected chi connectivity index (χ2v) is 7.42. The Morgan fingerprint density at radius 1 is 1.00 bits per heavy atom. The maximum atomic E-state index is 11.6. The number of thioether (sulfide) groups is 1. The molecule has 2 N–H and O–H groups in total. The summed E-state index contributed by atoms with van der Waals surface area (Å²) in [4.78, 5) is 14.4. The van der Waals surface area contributed by atoms with Crippen LogP contribution in [0.3, 0.4) is 0 Å². The number of fused-ring (bicyclic) bond motifs is 2. The summed E-state index contributed by atoms with van der Waals surface area (Å²) in [6, 6.07) is 19.3. The number of primary amides is 1. The molecule has 3 aromatic carbocycles. The van der Waals surface area contributed by atoms with Crippen LogP contribution in [0.4, 0.5) is 5.69 Å². The highest BCUT2D eigenvalue weighted by molar-refractivity contribution is 8.05. The van der Waals surface area contributed by atoms with Gasteiger partial charge in [0.15, 0.2) is 0 Å². The van der Waals surface area contributed by atoms with E-state index in [4.69, 9.17) is 5.73 Å². The predicted octanol–water partition coefficient (Wildman–Crippen LogP) is 4.61. The van der Waals surface area contributed by atoms with Crippen LogP contribution in [0.15, 0.2) is 65.2 Å². The molecule has 0 bridgehead atoms. The van der Waals surface area contributed by atoms with E-state index in [1.54, 1.807) is 0 Å². The third-order valence-electron chi connectivity index (χ3n) is 4.53. The molecule has 1 aliphatic rings. The molecule has 1 aliphatic heterocycles. The average molecular weight is 334 g/mol. The smallest absolute Gasteiger partial charge is 0.256 e. The number of hydrogen-bond acceptors (Lipinski definition) is 3. The molecule has 1 atom stereocenters. The van der Waals surface area contributed by atoms with Crippen LogP contribution in [0.2, 0.25) is 0 Å². The standard InChI is InChI=1S/C20H18N2OS/c1-12-19(20(21)23)24-13(2)22(12)18-8-7-16-9-14-5-3-4-6-15(14)10-17(16)11-18/h3-11,13H,1-2H3,(H2,21,23). The minimum atomic E-state index is -0.348. The molecule has 4 heteroatoms. The summed E-state index contributed by atoms with van der Waals surface area (Å²) in [6.45, 7) is 4.05. The third-order valence-corrected chi connectivity index (χ3v) is 5.82. The van der Waals surface area contributed by atoms with Crippen LogP contribution in [0.1, 0.15) is 13.8 Å². The number of nitrogens with two attached hydrogens (primary N) is 1. The zero-order valence-electron chi connectivity index (χ0n) is 13.6. The van der Waals surface area contributed by atoms with Crippen LogP contribution in [0.25, 0.3) is 21.5 Å². The molecule has 1 unspecified atom stereocenters. The summed E-state index contributed by atoms with van der Waals surface area (Å²) < 4.78 is 0. The molecule has 0 saturated carbocycles. The third kappa shape index (κ3) is 2.34. The topological polar surface area (TPSA) is 46.3 Å². The van der Waals surface area contributed by atoms with Crippen molar-refractivity contribution >= 4 is 44.9 Å². The largest absolute Gasteiger partial charge is 0.365 e. The van der Waals surface area contributed by atoms with E-state index in [9.17, 15) is 4.79 Å². The Morgan fingerprint density at radius 2 is 1.62 bits per heavy atom. The summed E-state index contributed by atoms with van der Waals surface area (Å²) in [5, 5.41) is 5.05. The van der Waals surface area contributed by atoms with E-state index < -0.39 is 0 Å². The quantitative estimate of drug-likeness (QED) is 0.696. The number of carbonyl (C=O) groups excluding carboxylic acids is 1. The first-order chi connectivity index (χ1) is 11.5. The molecule has 3 aromatic rings. The minimum Gasteiger partial charge on any atom is -0.365 e. The van der Waals surface area contributed by atoms with Gasteiger partial charge in [-0.15, -0.1) is 0 Å². The summed E-state index contributed by atoms with van der Waals surface area (Å²) in [7, 11) is 0. The van der Waals surface area contributed by atoms with Crippen molar-refractivity contribution in [2.45, 2.75) is 19.2 Å². The molecule has 0 spiro atoms. The van der Waals surface area contributed by atoms with Gasteiger partial charge in [0.05, 0.1) is 10.3 Å². The number of allylic oxidation sites excluding steroid dienone is 1. The number of benzene rings is 3. The van der Waals surface area contributed by atoms with Gasteiger partial charge in [-0.1, -0.05) is 42.1 Å². The Kier molecular flexibility index (Phi) is 3.50. The Labute approximate surface area is 145 Å². The molecule has 1 amide bonds. The van der Waals surface area contributed by atoms with Crippen molar-refractivity contribution < 1.29 is 4.79 Å². The SMILES string of the molecule is CC1=C(C(N)=O)SC(C)N1c1ccc2cc3ccccc3cc2c1. The first kappa shape index (κ1) is 15.1. The van der Waals surface area contributed by atoms with Crippen molar-refractivity contribution in [3.8, 4) is 0 Å². The lowest BCUT2D eigenvalue weighted by atomic mass is 10.0. The summed E-state index contributed by atoms with van der Waals surface area (Å²) in [5.74, 6) is -0.348. The number of hydrogen-bond donors (Lipinski definition) is 1. The summed E-state index contributed by atoms with van der Waals surface area (Å²) in [6.07, 6.45) is 0. The molecule has 0 saturated heterocycles. The molecule has 0 radical (unpaired) electrons. The van der Waals surface area contributed by atoms with Crippen LogP contribution in [0.5, 0.6) is 0 Å². The fourth-order valence-electron chi connectivity index (χ4n) is 3.41. The maximum Gasteiger partial charge on any atom is 0.256 e. The molecule has 1 heterocycles. The van der Waals surface area contributed by atoms with E-state index >= 15 is 0 Å². The first-order valence-corrected chi connectivity index (χ1v) is 8.82. The predicted molar refractivity (Wildman–Crippen MR) is 103 cm³/mol. The molecular weight excluding hydrogens is 316 g/mol. The minimum absolute atomic E-state index is 0.158. The van der Waals surface area contributed by atoms with Gasteiger partial charge in [-0.25, -0.2) is 0 Å². The average Bonchev–Trinajstić information content (AvgIpc) is 2.87. The van der Waals surface area contributed by atoms with Gasteiger partial charge in [0, 0.05) is 11.4 Å². The molecule has 0 aromatic heterocycles.